The van der Waals surface area contributed by atoms with E-state index in [4.69, 9.17) is 9.47 Å². The normalized spacial score (nSPS) is 19.2. The predicted octanol–water partition coefficient (Wildman–Crippen LogP) is 3.17. The summed E-state index contributed by atoms with van der Waals surface area (Å²) in [4.78, 5) is 0. The highest BCUT2D eigenvalue weighted by molar-refractivity contribution is 5.31. The van der Waals surface area contributed by atoms with Crippen LogP contribution in [0.4, 0.5) is 0 Å². The smallest absolute Gasteiger partial charge is 0.159 e. The molecule has 0 bridgehead atoms. The predicted molar refractivity (Wildman–Crippen MR) is 75.0 cm³/mol. The van der Waals surface area contributed by atoms with Crippen LogP contribution in [0.25, 0.3) is 0 Å². The SMILES string of the molecule is COC(CC(C)(O)c1cccc(C2CCC2)c1)OC. The minimum absolute atomic E-state index is 0.387. The first-order chi connectivity index (χ1) is 9.06. The van der Waals surface area contributed by atoms with Gasteiger partial charge in [-0.2, -0.15) is 0 Å². The summed E-state index contributed by atoms with van der Waals surface area (Å²) in [5.41, 5.74) is 1.35. The second kappa shape index (κ2) is 6.04. The van der Waals surface area contributed by atoms with E-state index in [9.17, 15) is 5.11 Å². The summed E-state index contributed by atoms with van der Waals surface area (Å²) in [5, 5.41) is 10.7. The minimum atomic E-state index is -0.934. The van der Waals surface area contributed by atoms with Gasteiger partial charge in [0.2, 0.25) is 0 Å². The van der Waals surface area contributed by atoms with Crippen LogP contribution in [0.5, 0.6) is 0 Å². The fourth-order valence-corrected chi connectivity index (χ4v) is 2.57. The summed E-state index contributed by atoms with van der Waals surface area (Å²) in [7, 11) is 3.18. The lowest BCUT2D eigenvalue weighted by Gasteiger charge is -2.30. The zero-order chi connectivity index (χ0) is 13.9. The van der Waals surface area contributed by atoms with Gasteiger partial charge in [0.25, 0.3) is 0 Å². The molecule has 1 aliphatic carbocycles. The molecule has 0 amide bonds. The molecule has 3 heteroatoms. The van der Waals surface area contributed by atoms with Crippen molar-refractivity contribution in [3.8, 4) is 0 Å². The molecule has 19 heavy (non-hydrogen) atoms. The second-order valence-electron chi connectivity index (χ2n) is 5.63. The van der Waals surface area contributed by atoms with Crippen LogP contribution in [0.1, 0.15) is 49.7 Å². The Morgan fingerprint density at radius 3 is 2.53 bits per heavy atom. The molecule has 0 aromatic heterocycles. The Labute approximate surface area is 115 Å². The second-order valence-corrected chi connectivity index (χ2v) is 5.63. The summed E-state index contributed by atoms with van der Waals surface area (Å²) in [6.07, 6.45) is 3.89. The molecule has 1 aliphatic rings. The molecule has 1 unspecified atom stereocenters. The molecule has 3 nitrogen and oxygen atoms in total. The van der Waals surface area contributed by atoms with Crippen LogP contribution in [-0.2, 0) is 15.1 Å². The molecule has 0 spiro atoms. The summed E-state index contributed by atoms with van der Waals surface area (Å²) in [6.45, 7) is 1.82. The molecule has 0 heterocycles. The third-order valence-corrected chi connectivity index (χ3v) is 4.18. The fourth-order valence-electron chi connectivity index (χ4n) is 2.57. The van der Waals surface area contributed by atoms with Gasteiger partial charge < -0.3 is 14.6 Å². The third-order valence-electron chi connectivity index (χ3n) is 4.18. The highest BCUT2D eigenvalue weighted by Crippen LogP contribution is 2.38. The Kier molecular flexibility index (Phi) is 4.61. The van der Waals surface area contributed by atoms with Crippen LogP contribution in [0, 0.1) is 0 Å². The Morgan fingerprint density at radius 1 is 1.32 bits per heavy atom. The summed E-state index contributed by atoms with van der Waals surface area (Å²) >= 11 is 0. The highest BCUT2D eigenvalue weighted by Gasteiger charge is 2.29. The van der Waals surface area contributed by atoms with Crippen molar-refractivity contribution in [2.24, 2.45) is 0 Å². The number of hydrogen-bond acceptors (Lipinski definition) is 3. The fraction of sp³-hybridized carbons (Fsp3) is 0.625. The first kappa shape index (κ1) is 14.5. The van der Waals surface area contributed by atoms with E-state index in [0.29, 0.717) is 12.3 Å². The summed E-state index contributed by atoms with van der Waals surface area (Å²) < 4.78 is 10.4. The van der Waals surface area contributed by atoms with Crippen molar-refractivity contribution >= 4 is 0 Å². The molecule has 106 valence electrons. The van der Waals surface area contributed by atoms with Gasteiger partial charge in [-0.05, 0) is 36.8 Å². The molecule has 1 N–H and O–H groups in total. The van der Waals surface area contributed by atoms with Gasteiger partial charge in [0.15, 0.2) is 6.29 Å². The zero-order valence-electron chi connectivity index (χ0n) is 12.1. The van der Waals surface area contributed by atoms with Crippen LogP contribution < -0.4 is 0 Å². The maximum absolute atomic E-state index is 10.7. The number of benzene rings is 1. The van der Waals surface area contributed by atoms with Crippen molar-refractivity contribution in [1.29, 1.82) is 0 Å². The zero-order valence-corrected chi connectivity index (χ0v) is 12.1. The lowest BCUT2D eigenvalue weighted by Crippen LogP contribution is -2.29. The van der Waals surface area contributed by atoms with Crippen molar-refractivity contribution in [3.05, 3.63) is 35.4 Å². The lowest BCUT2D eigenvalue weighted by atomic mass is 9.78. The highest BCUT2D eigenvalue weighted by atomic mass is 16.7. The lowest BCUT2D eigenvalue weighted by molar-refractivity contribution is -0.142. The van der Waals surface area contributed by atoms with Crippen LogP contribution in [-0.4, -0.2) is 25.6 Å². The Morgan fingerprint density at radius 2 is 2.00 bits per heavy atom. The van der Waals surface area contributed by atoms with Gasteiger partial charge >= 0.3 is 0 Å². The van der Waals surface area contributed by atoms with Crippen LogP contribution >= 0.6 is 0 Å². The van der Waals surface area contributed by atoms with Crippen molar-refractivity contribution in [2.75, 3.05) is 14.2 Å². The summed E-state index contributed by atoms with van der Waals surface area (Å²) in [6, 6.07) is 8.30. The quantitative estimate of drug-likeness (QED) is 0.802. The first-order valence-electron chi connectivity index (χ1n) is 6.95. The largest absolute Gasteiger partial charge is 0.385 e. The van der Waals surface area contributed by atoms with E-state index in [1.54, 1.807) is 14.2 Å². The van der Waals surface area contributed by atoms with E-state index in [1.807, 2.05) is 19.1 Å². The molecule has 1 atom stereocenters. The van der Waals surface area contributed by atoms with Gasteiger partial charge in [0, 0.05) is 20.6 Å². The van der Waals surface area contributed by atoms with Crippen molar-refractivity contribution in [1.82, 2.24) is 0 Å². The van der Waals surface area contributed by atoms with Crippen LogP contribution in [0.2, 0.25) is 0 Å². The molecule has 1 aromatic rings. The first-order valence-corrected chi connectivity index (χ1v) is 6.95. The van der Waals surface area contributed by atoms with Gasteiger partial charge in [0.1, 0.15) is 0 Å². The van der Waals surface area contributed by atoms with E-state index < -0.39 is 5.60 Å². The minimum Gasteiger partial charge on any atom is -0.385 e. The standard InChI is InChI=1S/C16H24O3/c1-16(17,11-15(18-2)19-3)14-9-5-8-13(10-14)12-6-4-7-12/h5,8-10,12,15,17H,4,6-7,11H2,1-3H3. The Balaban J connectivity index is 2.14. The van der Waals surface area contributed by atoms with Gasteiger partial charge in [-0.25, -0.2) is 0 Å². The van der Waals surface area contributed by atoms with Gasteiger partial charge in [0.05, 0.1) is 5.60 Å². The van der Waals surface area contributed by atoms with Crippen LogP contribution in [0.3, 0.4) is 0 Å². The Hall–Kier alpha value is -0.900. The maximum atomic E-state index is 10.7. The molecular formula is C16H24O3. The molecular weight excluding hydrogens is 240 g/mol. The van der Waals surface area contributed by atoms with E-state index >= 15 is 0 Å². The average molecular weight is 264 g/mol. The molecule has 1 aromatic carbocycles. The molecule has 0 radical (unpaired) electrons. The van der Waals surface area contributed by atoms with E-state index in [1.165, 1.54) is 24.8 Å². The van der Waals surface area contributed by atoms with Crippen molar-refractivity contribution < 1.29 is 14.6 Å². The number of ether oxygens (including phenoxy) is 2. The van der Waals surface area contributed by atoms with Gasteiger partial charge in [-0.1, -0.05) is 30.7 Å². The number of methoxy groups -OCH3 is 2. The Bertz CT molecular complexity index is 406. The molecule has 0 saturated heterocycles. The summed E-state index contributed by atoms with van der Waals surface area (Å²) in [5.74, 6) is 0.677. The van der Waals surface area contributed by atoms with Gasteiger partial charge in [-0.15, -0.1) is 0 Å². The topological polar surface area (TPSA) is 38.7 Å². The average Bonchev–Trinajstić information content (AvgIpc) is 2.34. The third kappa shape index (κ3) is 3.35. The van der Waals surface area contributed by atoms with Gasteiger partial charge in [-0.3, -0.25) is 0 Å². The van der Waals surface area contributed by atoms with Crippen LogP contribution in [0.15, 0.2) is 24.3 Å². The number of rotatable bonds is 6. The van der Waals surface area contributed by atoms with Crippen molar-refractivity contribution in [3.63, 3.8) is 0 Å². The monoisotopic (exact) mass is 264 g/mol. The number of aliphatic hydroxyl groups is 1. The number of hydrogen-bond donors (Lipinski definition) is 1. The maximum Gasteiger partial charge on any atom is 0.159 e. The molecule has 1 saturated carbocycles. The van der Waals surface area contributed by atoms with E-state index in [0.717, 1.165) is 5.56 Å². The van der Waals surface area contributed by atoms with E-state index in [-0.39, 0.29) is 6.29 Å². The van der Waals surface area contributed by atoms with E-state index in [2.05, 4.69) is 12.1 Å². The molecule has 2 rings (SSSR count). The molecule has 1 fully saturated rings. The van der Waals surface area contributed by atoms with Crippen molar-refractivity contribution in [2.45, 2.75) is 50.4 Å². The molecule has 0 aliphatic heterocycles.